The Kier molecular flexibility index (Phi) is 8.41. The van der Waals surface area contributed by atoms with E-state index in [-0.39, 0.29) is 6.04 Å². The lowest BCUT2D eigenvalue weighted by Gasteiger charge is -2.24. The van der Waals surface area contributed by atoms with Gasteiger partial charge in [0.25, 0.3) is 0 Å². The van der Waals surface area contributed by atoms with Gasteiger partial charge in [-0.2, -0.15) is 11.8 Å². The molecule has 1 fully saturated rings. The molecule has 1 heterocycles. The van der Waals surface area contributed by atoms with Crippen LogP contribution < -0.4 is 15.4 Å². The van der Waals surface area contributed by atoms with Gasteiger partial charge >= 0.3 is 0 Å². The number of methoxy groups -OCH3 is 1. The van der Waals surface area contributed by atoms with Crippen LogP contribution in [0.25, 0.3) is 0 Å². The molecule has 1 aliphatic heterocycles. The van der Waals surface area contributed by atoms with Crippen molar-refractivity contribution in [2.24, 2.45) is 4.99 Å². The fraction of sp³-hybridized carbons (Fsp3) is 0.632. The van der Waals surface area contributed by atoms with Crippen molar-refractivity contribution in [3.05, 3.63) is 29.8 Å². The van der Waals surface area contributed by atoms with E-state index in [9.17, 15) is 0 Å². The summed E-state index contributed by atoms with van der Waals surface area (Å²) in [6, 6.07) is 8.46. The second kappa shape index (κ2) is 10.6. The lowest BCUT2D eigenvalue weighted by Crippen LogP contribution is -2.40. The quantitative estimate of drug-likeness (QED) is 0.549. The molecule has 1 aromatic rings. The van der Waals surface area contributed by atoms with E-state index in [1.807, 2.05) is 12.1 Å². The summed E-state index contributed by atoms with van der Waals surface area (Å²) in [5.41, 5.74) is 1.22. The van der Waals surface area contributed by atoms with Gasteiger partial charge in [0.2, 0.25) is 0 Å². The first-order chi connectivity index (χ1) is 12.1. The smallest absolute Gasteiger partial charge is 0.191 e. The highest BCUT2D eigenvalue weighted by molar-refractivity contribution is 8.00. The number of guanidine groups is 1. The molecule has 5 nitrogen and oxygen atoms in total. The van der Waals surface area contributed by atoms with E-state index >= 15 is 0 Å². The van der Waals surface area contributed by atoms with Gasteiger partial charge in [-0.05, 0) is 57.3 Å². The third-order valence-corrected chi connectivity index (χ3v) is 5.79. The molecule has 2 atom stereocenters. The van der Waals surface area contributed by atoms with Crippen molar-refractivity contribution < 1.29 is 4.74 Å². The van der Waals surface area contributed by atoms with Gasteiger partial charge in [0.1, 0.15) is 5.75 Å². The van der Waals surface area contributed by atoms with Crippen LogP contribution in [-0.4, -0.2) is 62.7 Å². The van der Waals surface area contributed by atoms with Crippen LogP contribution in [0.15, 0.2) is 29.3 Å². The van der Waals surface area contributed by atoms with Crippen molar-refractivity contribution in [3.8, 4) is 5.75 Å². The molecule has 0 spiro atoms. The number of hydrogen-bond donors (Lipinski definition) is 2. The summed E-state index contributed by atoms with van der Waals surface area (Å²) in [4.78, 5) is 7.03. The number of thioether (sulfide) groups is 1. The Bertz CT molecular complexity index is 544. The van der Waals surface area contributed by atoms with Crippen LogP contribution in [0.3, 0.4) is 0 Å². The largest absolute Gasteiger partial charge is 0.497 e. The van der Waals surface area contributed by atoms with E-state index in [1.165, 1.54) is 24.2 Å². The SMILES string of the molecule is CCNC(=NCC(c1cccc(OC)c1)N(C)C)NCC1CCCS1. The van der Waals surface area contributed by atoms with Crippen LogP contribution in [0.5, 0.6) is 5.75 Å². The van der Waals surface area contributed by atoms with Gasteiger partial charge in [0.15, 0.2) is 5.96 Å². The molecule has 1 aliphatic rings. The van der Waals surface area contributed by atoms with E-state index in [0.717, 1.165) is 24.8 Å². The highest BCUT2D eigenvalue weighted by Crippen LogP contribution is 2.25. The fourth-order valence-corrected chi connectivity index (χ4v) is 4.15. The zero-order valence-corrected chi connectivity index (χ0v) is 16.7. The number of likely N-dealkylation sites (N-methyl/N-ethyl adjacent to an activating group) is 1. The summed E-state index contributed by atoms with van der Waals surface area (Å²) in [6.45, 7) is 4.66. The molecule has 2 unspecified atom stereocenters. The Balaban J connectivity index is 2.02. The number of rotatable bonds is 8. The van der Waals surface area contributed by atoms with Crippen LogP contribution >= 0.6 is 11.8 Å². The van der Waals surface area contributed by atoms with E-state index in [4.69, 9.17) is 9.73 Å². The van der Waals surface area contributed by atoms with Crippen molar-refractivity contribution in [3.63, 3.8) is 0 Å². The molecule has 0 saturated carbocycles. The molecule has 6 heteroatoms. The van der Waals surface area contributed by atoms with Crippen molar-refractivity contribution in [2.75, 3.05) is 46.6 Å². The van der Waals surface area contributed by atoms with Gasteiger partial charge in [0.05, 0.1) is 19.7 Å². The Hall–Kier alpha value is -1.40. The number of ether oxygens (including phenoxy) is 1. The van der Waals surface area contributed by atoms with Crippen molar-refractivity contribution in [1.82, 2.24) is 15.5 Å². The molecule has 2 rings (SSSR count). The average Bonchev–Trinajstić information content (AvgIpc) is 3.13. The molecule has 0 aromatic heterocycles. The third-order valence-electron chi connectivity index (χ3n) is 4.39. The Morgan fingerprint density at radius 1 is 1.40 bits per heavy atom. The number of nitrogens with zero attached hydrogens (tertiary/aromatic N) is 2. The molecule has 140 valence electrons. The monoisotopic (exact) mass is 364 g/mol. The number of aliphatic imine (C=N–C) groups is 1. The molecule has 0 radical (unpaired) electrons. The molecule has 1 saturated heterocycles. The summed E-state index contributed by atoms with van der Waals surface area (Å²) >= 11 is 2.07. The van der Waals surface area contributed by atoms with E-state index in [2.05, 4.69) is 60.4 Å². The van der Waals surface area contributed by atoms with Crippen LogP contribution in [0.4, 0.5) is 0 Å². The molecular weight excluding hydrogens is 332 g/mol. The molecule has 2 N–H and O–H groups in total. The van der Waals surface area contributed by atoms with Gasteiger partial charge in [0, 0.05) is 18.3 Å². The minimum absolute atomic E-state index is 0.214. The minimum Gasteiger partial charge on any atom is -0.497 e. The average molecular weight is 365 g/mol. The Labute approximate surface area is 156 Å². The Morgan fingerprint density at radius 3 is 2.88 bits per heavy atom. The molecule has 0 aliphatic carbocycles. The number of benzene rings is 1. The van der Waals surface area contributed by atoms with Crippen LogP contribution in [-0.2, 0) is 0 Å². The van der Waals surface area contributed by atoms with Gasteiger partial charge in [-0.15, -0.1) is 0 Å². The van der Waals surface area contributed by atoms with Crippen LogP contribution in [0.2, 0.25) is 0 Å². The third kappa shape index (κ3) is 6.44. The maximum atomic E-state index is 5.36. The zero-order chi connectivity index (χ0) is 18.1. The van der Waals surface area contributed by atoms with E-state index in [1.54, 1.807) is 7.11 Å². The van der Waals surface area contributed by atoms with Crippen LogP contribution in [0.1, 0.15) is 31.4 Å². The van der Waals surface area contributed by atoms with Gasteiger partial charge in [-0.1, -0.05) is 12.1 Å². The van der Waals surface area contributed by atoms with Crippen molar-refractivity contribution >= 4 is 17.7 Å². The first-order valence-corrected chi connectivity index (χ1v) is 10.1. The second-order valence-corrected chi connectivity index (χ2v) is 7.90. The molecule has 0 amide bonds. The summed E-state index contributed by atoms with van der Waals surface area (Å²) in [7, 11) is 5.89. The molecular formula is C19H32N4OS. The first kappa shape index (κ1) is 19.9. The summed E-state index contributed by atoms with van der Waals surface area (Å²) in [5.74, 6) is 3.08. The Morgan fingerprint density at radius 2 is 2.24 bits per heavy atom. The van der Waals surface area contributed by atoms with Gasteiger partial charge in [-0.3, -0.25) is 4.99 Å². The normalized spacial score (nSPS) is 19.1. The second-order valence-electron chi connectivity index (χ2n) is 6.49. The van der Waals surface area contributed by atoms with Crippen LogP contribution in [0, 0.1) is 0 Å². The van der Waals surface area contributed by atoms with Crippen molar-refractivity contribution in [2.45, 2.75) is 31.1 Å². The fourth-order valence-electron chi connectivity index (χ4n) is 2.95. The summed E-state index contributed by atoms with van der Waals surface area (Å²) in [5, 5.41) is 7.58. The maximum Gasteiger partial charge on any atom is 0.191 e. The predicted octanol–water partition coefficient (Wildman–Crippen LogP) is 2.75. The highest BCUT2D eigenvalue weighted by atomic mass is 32.2. The predicted molar refractivity (Wildman–Crippen MR) is 109 cm³/mol. The molecule has 1 aromatic carbocycles. The minimum atomic E-state index is 0.214. The van der Waals surface area contributed by atoms with E-state index in [0.29, 0.717) is 11.8 Å². The highest BCUT2D eigenvalue weighted by Gasteiger charge is 2.17. The van der Waals surface area contributed by atoms with Crippen molar-refractivity contribution in [1.29, 1.82) is 0 Å². The summed E-state index contributed by atoms with van der Waals surface area (Å²) in [6.07, 6.45) is 2.64. The van der Waals surface area contributed by atoms with E-state index < -0.39 is 0 Å². The maximum absolute atomic E-state index is 5.36. The first-order valence-electron chi connectivity index (χ1n) is 9.08. The van der Waals surface area contributed by atoms with Gasteiger partial charge in [-0.25, -0.2) is 0 Å². The molecule has 0 bridgehead atoms. The van der Waals surface area contributed by atoms with Gasteiger partial charge < -0.3 is 20.3 Å². The topological polar surface area (TPSA) is 48.9 Å². The molecule has 25 heavy (non-hydrogen) atoms. The summed E-state index contributed by atoms with van der Waals surface area (Å²) < 4.78 is 5.36. The number of hydrogen-bond acceptors (Lipinski definition) is 4. The zero-order valence-electron chi connectivity index (χ0n) is 15.9. The lowest BCUT2D eigenvalue weighted by molar-refractivity contribution is 0.305. The lowest BCUT2D eigenvalue weighted by atomic mass is 10.1. The number of nitrogens with one attached hydrogen (secondary N) is 2. The standard InChI is InChI=1S/C19H32N4OS/c1-5-20-19(21-13-17-10-7-11-25-17)22-14-18(23(2)3)15-8-6-9-16(12-15)24-4/h6,8-9,12,17-18H,5,7,10-11,13-14H2,1-4H3,(H2,20,21,22).